The van der Waals surface area contributed by atoms with Gasteiger partial charge in [0.15, 0.2) is 11.5 Å². The molecule has 0 saturated heterocycles. The van der Waals surface area contributed by atoms with Crippen LogP contribution in [0.25, 0.3) is 0 Å². The average molecular weight is 407 g/mol. The predicted octanol–water partition coefficient (Wildman–Crippen LogP) is 2.38. The summed E-state index contributed by atoms with van der Waals surface area (Å²) in [4.78, 5) is 12.5. The lowest BCUT2D eigenvalue weighted by molar-refractivity contribution is 0.0954. The van der Waals surface area contributed by atoms with Gasteiger partial charge in [-0.25, -0.2) is 8.42 Å². The summed E-state index contributed by atoms with van der Waals surface area (Å²) in [5, 5.41) is 2.86. The Morgan fingerprint density at radius 1 is 1.07 bits per heavy atom. The zero-order valence-electron chi connectivity index (χ0n) is 16.8. The number of carbonyl (C=O) groups excluding carboxylic acids is 1. The van der Waals surface area contributed by atoms with E-state index in [-0.39, 0.29) is 5.91 Å². The molecule has 7 nitrogen and oxygen atoms in total. The SMILES string of the molecule is COc1ccc(CCNC(=O)c2ccc(C)c(N(C)S(C)(=O)=O)c2)cc1OC. The van der Waals surface area contributed by atoms with Crippen molar-refractivity contribution in [3.63, 3.8) is 0 Å². The third-order valence-corrected chi connectivity index (χ3v) is 5.65. The van der Waals surface area contributed by atoms with Gasteiger partial charge in [-0.2, -0.15) is 0 Å². The average Bonchev–Trinajstić information content (AvgIpc) is 2.66. The number of ether oxygens (including phenoxy) is 2. The van der Waals surface area contributed by atoms with E-state index in [4.69, 9.17) is 9.47 Å². The van der Waals surface area contributed by atoms with E-state index in [0.29, 0.717) is 35.7 Å². The zero-order chi connectivity index (χ0) is 20.9. The summed E-state index contributed by atoms with van der Waals surface area (Å²) in [5.41, 5.74) is 2.66. The van der Waals surface area contributed by atoms with Gasteiger partial charge in [0.1, 0.15) is 0 Å². The molecule has 1 amide bonds. The summed E-state index contributed by atoms with van der Waals surface area (Å²) < 4.78 is 35.3. The van der Waals surface area contributed by atoms with Crippen molar-refractivity contribution < 1.29 is 22.7 Å². The van der Waals surface area contributed by atoms with Crippen molar-refractivity contribution in [1.29, 1.82) is 0 Å². The van der Waals surface area contributed by atoms with Crippen LogP contribution in [0.1, 0.15) is 21.5 Å². The normalized spacial score (nSPS) is 11.0. The Balaban J connectivity index is 2.06. The highest BCUT2D eigenvalue weighted by atomic mass is 32.2. The molecule has 2 aromatic carbocycles. The van der Waals surface area contributed by atoms with Crippen LogP contribution in [0.2, 0.25) is 0 Å². The number of anilines is 1. The molecule has 0 aliphatic heterocycles. The van der Waals surface area contributed by atoms with Crippen LogP contribution in [0.3, 0.4) is 0 Å². The molecule has 8 heteroatoms. The molecule has 0 aliphatic rings. The molecule has 0 aliphatic carbocycles. The van der Waals surface area contributed by atoms with Gasteiger partial charge in [0.05, 0.1) is 26.2 Å². The van der Waals surface area contributed by atoms with Crippen LogP contribution in [-0.4, -0.2) is 48.4 Å². The molecule has 28 heavy (non-hydrogen) atoms. The number of hydrogen-bond acceptors (Lipinski definition) is 5. The molecule has 0 radical (unpaired) electrons. The van der Waals surface area contributed by atoms with Crippen LogP contribution >= 0.6 is 0 Å². The molecule has 0 fully saturated rings. The van der Waals surface area contributed by atoms with E-state index < -0.39 is 10.0 Å². The van der Waals surface area contributed by atoms with Gasteiger partial charge in [-0.3, -0.25) is 9.10 Å². The summed E-state index contributed by atoms with van der Waals surface area (Å²) in [6, 6.07) is 10.6. The number of aryl methyl sites for hydroxylation is 1. The van der Waals surface area contributed by atoms with Crippen LogP contribution in [0, 0.1) is 6.92 Å². The van der Waals surface area contributed by atoms with Gasteiger partial charge in [-0.1, -0.05) is 12.1 Å². The highest BCUT2D eigenvalue weighted by Crippen LogP contribution is 2.27. The molecule has 0 aromatic heterocycles. The minimum absolute atomic E-state index is 0.261. The largest absolute Gasteiger partial charge is 0.493 e. The summed E-state index contributed by atoms with van der Waals surface area (Å²) in [6.07, 6.45) is 1.75. The molecule has 2 rings (SSSR count). The minimum Gasteiger partial charge on any atom is -0.493 e. The van der Waals surface area contributed by atoms with Crippen LogP contribution in [-0.2, 0) is 16.4 Å². The molecule has 0 saturated carbocycles. The lowest BCUT2D eigenvalue weighted by Gasteiger charge is -2.19. The molecular formula is C20H26N2O5S. The Labute approximate surface area is 166 Å². The van der Waals surface area contributed by atoms with Crippen molar-refractivity contribution >= 4 is 21.6 Å². The number of hydrogen-bond donors (Lipinski definition) is 1. The monoisotopic (exact) mass is 406 g/mol. The van der Waals surface area contributed by atoms with Crippen LogP contribution in [0.15, 0.2) is 36.4 Å². The molecule has 2 aromatic rings. The van der Waals surface area contributed by atoms with E-state index in [2.05, 4.69) is 5.32 Å². The second kappa shape index (κ2) is 8.97. The second-order valence-electron chi connectivity index (χ2n) is 6.43. The number of methoxy groups -OCH3 is 2. The lowest BCUT2D eigenvalue weighted by Crippen LogP contribution is -2.28. The number of nitrogens with one attached hydrogen (secondary N) is 1. The first kappa shape index (κ1) is 21.6. The van der Waals surface area contributed by atoms with Gasteiger partial charge in [0.25, 0.3) is 5.91 Å². The van der Waals surface area contributed by atoms with Crippen molar-refractivity contribution in [1.82, 2.24) is 5.32 Å². The zero-order valence-corrected chi connectivity index (χ0v) is 17.6. The molecule has 0 spiro atoms. The molecule has 0 heterocycles. The predicted molar refractivity (Wildman–Crippen MR) is 110 cm³/mol. The third kappa shape index (κ3) is 5.16. The van der Waals surface area contributed by atoms with Gasteiger partial charge in [-0.05, 0) is 48.7 Å². The molecular weight excluding hydrogens is 380 g/mol. The smallest absolute Gasteiger partial charge is 0.251 e. The van der Waals surface area contributed by atoms with Gasteiger partial charge >= 0.3 is 0 Å². The highest BCUT2D eigenvalue weighted by molar-refractivity contribution is 7.92. The minimum atomic E-state index is -3.41. The van der Waals surface area contributed by atoms with Crippen LogP contribution in [0.5, 0.6) is 11.5 Å². The van der Waals surface area contributed by atoms with E-state index in [1.54, 1.807) is 39.3 Å². The third-order valence-electron chi connectivity index (χ3n) is 4.46. The Bertz CT molecular complexity index is 957. The fourth-order valence-electron chi connectivity index (χ4n) is 2.73. The first-order valence-electron chi connectivity index (χ1n) is 8.71. The summed E-state index contributed by atoms with van der Waals surface area (Å²) >= 11 is 0. The Kier molecular flexibility index (Phi) is 6.90. The maximum absolute atomic E-state index is 12.5. The number of rotatable bonds is 8. The number of amides is 1. The molecule has 152 valence electrons. The fourth-order valence-corrected chi connectivity index (χ4v) is 3.28. The first-order valence-corrected chi connectivity index (χ1v) is 10.6. The van der Waals surface area contributed by atoms with E-state index in [1.807, 2.05) is 18.2 Å². The second-order valence-corrected chi connectivity index (χ2v) is 8.44. The molecule has 1 N–H and O–H groups in total. The van der Waals surface area contributed by atoms with E-state index >= 15 is 0 Å². The summed E-state index contributed by atoms with van der Waals surface area (Å²) in [7, 11) is 1.22. The summed E-state index contributed by atoms with van der Waals surface area (Å²) in [5.74, 6) is 1.03. The first-order chi connectivity index (χ1) is 13.2. The number of nitrogens with zero attached hydrogens (tertiary/aromatic N) is 1. The maximum Gasteiger partial charge on any atom is 0.251 e. The Morgan fingerprint density at radius 3 is 2.36 bits per heavy atom. The van der Waals surface area contributed by atoms with E-state index in [9.17, 15) is 13.2 Å². The van der Waals surface area contributed by atoms with Gasteiger partial charge in [0.2, 0.25) is 10.0 Å². The molecule has 0 unspecified atom stereocenters. The van der Waals surface area contributed by atoms with Gasteiger partial charge in [-0.15, -0.1) is 0 Å². The van der Waals surface area contributed by atoms with Crippen LogP contribution in [0.4, 0.5) is 5.69 Å². The van der Waals surface area contributed by atoms with Crippen molar-refractivity contribution in [2.45, 2.75) is 13.3 Å². The topological polar surface area (TPSA) is 84.9 Å². The standard InChI is InChI=1S/C20H26N2O5S/c1-14-6-8-16(13-17(14)22(2)28(5,24)25)20(23)21-11-10-15-7-9-18(26-3)19(12-15)27-4/h6-9,12-13H,10-11H2,1-5H3,(H,21,23). The number of benzene rings is 2. The Morgan fingerprint density at radius 2 is 1.75 bits per heavy atom. The van der Waals surface area contributed by atoms with Gasteiger partial charge < -0.3 is 14.8 Å². The quantitative estimate of drug-likeness (QED) is 0.728. The van der Waals surface area contributed by atoms with E-state index in [1.165, 1.54) is 11.4 Å². The molecule has 0 atom stereocenters. The number of sulfonamides is 1. The number of carbonyl (C=O) groups is 1. The highest BCUT2D eigenvalue weighted by Gasteiger charge is 2.16. The molecule has 0 bridgehead atoms. The van der Waals surface area contributed by atoms with Crippen molar-refractivity contribution in [2.75, 3.05) is 38.4 Å². The fraction of sp³-hybridized carbons (Fsp3) is 0.350. The maximum atomic E-state index is 12.5. The van der Waals surface area contributed by atoms with Gasteiger partial charge in [0, 0.05) is 19.2 Å². The summed E-state index contributed by atoms with van der Waals surface area (Å²) in [6.45, 7) is 2.23. The van der Waals surface area contributed by atoms with Crippen LogP contribution < -0.4 is 19.1 Å². The Hall–Kier alpha value is -2.74. The van der Waals surface area contributed by atoms with Crippen molar-refractivity contribution in [3.8, 4) is 11.5 Å². The van der Waals surface area contributed by atoms with E-state index in [0.717, 1.165) is 17.4 Å². The van der Waals surface area contributed by atoms with Crippen molar-refractivity contribution in [3.05, 3.63) is 53.1 Å². The lowest BCUT2D eigenvalue weighted by atomic mass is 10.1. The van der Waals surface area contributed by atoms with Crippen molar-refractivity contribution in [2.24, 2.45) is 0 Å².